The third-order valence-electron chi connectivity index (χ3n) is 3.14. The lowest BCUT2D eigenvalue weighted by atomic mass is 10.2. The fraction of sp³-hybridized carbons (Fsp3) is 0.500. The monoisotopic (exact) mass is 292 g/mol. The van der Waals surface area contributed by atoms with Gasteiger partial charge in [-0.05, 0) is 31.0 Å². The Balaban J connectivity index is 2.80. The van der Waals surface area contributed by atoms with Gasteiger partial charge in [0.15, 0.2) is 0 Å². The maximum absolute atomic E-state index is 11.9. The van der Waals surface area contributed by atoms with Crippen molar-refractivity contribution in [1.29, 1.82) is 0 Å². The van der Waals surface area contributed by atoms with E-state index < -0.39 is 0 Å². The van der Waals surface area contributed by atoms with Gasteiger partial charge in [0.05, 0.1) is 12.8 Å². The first-order valence-electron chi connectivity index (χ1n) is 7.19. The van der Waals surface area contributed by atoms with E-state index in [2.05, 4.69) is 5.32 Å². The lowest BCUT2D eigenvalue weighted by Gasteiger charge is -2.24. The predicted molar refractivity (Wildman–Crippen MR) is 83.7 cm³/mol. The number of methoxy groups -OCH3 is 1. The van der Waals surface area contributed by atoms with Crippen LogP contribution in [0.4, 0.5) is 5.69 Å². The molecule has 21 heavy (non-hydrogen) atoms. The van der Waals surface area contributed by atoms with Gasteiger partial charge in [0.25, 0.3) is 0 Å². The lowest BCUT2D eigenvalue weighted by molar-refractivity contribution is -0.121. The second-order valence-corrected chi connectivity index (χ2v) is 4.95. The van der Waals surface area contributed by atoms with Crippen molar-refractivity contribution >= 4 is 17.5 Å². The molecule has 0 aliphatic heterocycles. The molecule has 1 N–H and O–H groups in total. The molecule has 0 bridgehead atoms. The summed E-state index contributed by atoms with van der Waals surface area (Å²) in [6.07, 6.45) is 1.32. The molecule has 5 heteroatoms. The highest BCUT2D eigenvalue weighted by molar-refractivity contribution is 5.93. The number of hydrogen-bond donors (Lipinski definition) is 1. The van der Waals surface area contributed by atoms with E-state index in [0.29, 0.717) is 25.3 Å². The second kappa shape index (κ2) is 8.29. The normalized spacial score (nSPS) is 10.1. The average molecular weight is 292 g/mol. The molecule has 0 spiro atoms. The first kappa shape index (κ1) is 17.0. The molecular weight excluding hydrogens is 268 g/mol. The summed E-state index contributed by atoms with van der Waals surface area (Å²) in [7, 11) is 1.58. The summed E-state index contributed by atoms with van der Waals surface area (Å²) in [5, 5.41) is 2.82. The van der Waals surface area contributed by atoms with E-state index in [1.54, 1.807) is 12.0 Å². The summed E-state index contributed by atoms with van der Waals surface area (Å²) in [6, 6.07) is 5.69. The number of nitrogens with one attached hydrogen (secondary N) is 1. The van der Waals surface area contributed by atoms with Crippen LogP contribution < -0.4 is 15.0 Å². The van der Waals surface area contributed by atoms with Crippen LogP contribution in [0, 0.1) is 6.92 Å². The third kappa shape index (κ3) is 5.10. The fourth-order valence-corrected chi connectivity index (χ4v) is 2.08. The molecule has 1 aromatic carbocycles. The summed E-state index contributed by atoms with van der Waals surface area (Å²) in [4.78, 5) is 25.0. The summed E-state index contributed by atoms with van der Waals surface area (Å²) < 4.78 is 5.32. The zero-order chi connectivity index (χ0) is 15.8. The van der Waals surface area contributed by atoms with Gasteiger partial charge in [-0.15, -0.1) is 0 Å². The van der Waals surface area contributed by atoms with Crippen LogP contribution in [-0.2, 0) is 9.59 Å². The summed E-state index contributed by atoms with van der Waals surface area (Å²) in [5.74, 6) is 0.580. The van der Waals surface area contributed by atoms with Crippen molar-refractivity contribution in [3.8, 4) is 5.75 Å². The SMILES string of the molecule is CCCC(=O)NCCN(C(C)=O)c1cc(C)ccc1OC. The van der Waals surface area contributed by atoms with E-state index in [-0.39, 0.29) is 11.8 Å². The minimum absolute atomic E-state index is 0.0113. The minimum atomic E-state index is -0.0800. The predicted octanol–water partition coefficient (Wildman–Crippen LogP) is 2.27. The number of anilines is 1. The van der Waals surface area contributed by atoms with Gasteiger partial charge in [0.2, 0.25) is 11.8 Å². The van der Waals surface area contributed by atoms with E-state index in [1.165, 1.54) is 6.92 Å². The molecule has 5 nitrogen and oxygen atoms in total. The highest BCUT2D eigenvalue weighted by Crippen LogP contribution is 2.29. The Bertz CT molecular complexity index is 500. The Morgan fingerprint density at radius 1 is 1.33 bits per heavy atom. The van der Waals surface area contributed by atoms with Crippen molar-refractivity contribution in [2.24, 2.45) is 0 Å². The largest absolute Gasteiger partial charge is 0.495 e. The number of rotatable bonds is 7. The Labute approximate surface area is 126 Å². The lowest BCUT2D eigenvalue weighted by Crippen LogP contribution is -2.37. The molecule has 0 aliphatic rings. The Kier molecular flexibility index (Phi) is 6.72. The number of nitrogens with zero attached hydrogens (tertiary/aromatic N) is 1. The van der Waals surface area contributed by atoms with Crippen molar-refractivity contribution in [3.05, 3.63) is 23.8 Å². The first-order chi connectivity index (χ1) is 9.99. The van der Waals surface area contributed by atoms with Gasteiger partial charge in [0, 0.05) is 26.4 Å². The maximum atomic E-state index is 11.9. The van der Waals surface area contributed by atoms with Crippen LogP contribution in [0.2, 0.25) is 0 Å². The summed E-state index contributed by atoms with van der Waals surface area (Å²) in [5.41, 5.74) is 1.78. The number of carbonyl (C=O) groups is 2. The molecule has 1 aromatic rings. The Hall–Kier alpha value is -2.04. The van der Waals surface area contributed by atoms with Gasteiger partial charge in [0.1, 0.15) is 5.75 Å². The van der Waals surface area contributed by atoms with E-state index in [1.807, 2.05) is 32.0 Å². The molecule has 0 saturated carbocycles. The van der Waals surface area contributed by atoms with E-state index in [0.717, 1.165) is 17.7 Å². The van der Waals surface area contributed by atoms with Gasteiger partial charge in [-0.2, -0.15) is 0 Å². The van der Waals surface area contributed by atoms with Crippen molar-refractivity contribution in [2.45, 2.75) is 33.6 Å². The number of benzene rings is 1. The molecule has 0 unspecified atom stereocenters. The molecule has 0 aliphatic carbocycles. The molecule has 116 valence electrons. The number of carbonyl (C=O) groups excluding carboxylic acids is 2. The van der Waals surface area contributed by atoms with Crippen LogP contribution in [0.3, 0.4) is 0 Å². The van der Waals surface area contributed by atoms with Crippen molar-refractivity contribution in [3.63, 3.8) is 0 Å². The molecule has 0 fully saturated rings. The fourth-order valence-electron chi connectivity index (χ4n) is 2.08. The molecule has 1 rings (SSSR count). The summed E-state index contributed by atoms with van der Waals surface area (Å²) in [6.45, 7) is 6.28. The minimum Gasteiger partial charge on any atom is -0.495 e. The Morgan fingerprint density at radius 2 is 2.05 bits per heavy atom. The van der Waals surface area contributed by atoms with Gasteiger partial charge in [-0.25, -0.2) is 0 Å². The Morgan fingerprint density at radius 3 is 2.62 bits per heavy atom. The average Bonchev–Trinajstić information content (AvgIpc) is 2.43. The van der Waals surface area contributed by atoms with Crippen LogP contribution >= 0.6 is 0 Å². The number of aryl methyl sites for hydroxylation is 1. The van der Waals surface area contributed by atoms with E-state index in [4.69, 9.17) is 4.74 Å². The second-order valence-electron chi connectivity index (χ2n) is 4.95. The molecule has 0 aromatic heterocycles. The standard InChI is InChI=1S/C16H24N2O3/c1-5-6-16(20)17-9-10-18(13(3)19)14-11-12(2)7-8-15(14)21-4/h7-8,11H,5-6,9-10H2,1-4H3,(H,17,20). The highest BCUT2D eigenvalue weighted by Gasteiger charge is 2.16. The number of ether oxygens (including phenoxy) is 1. The van der Waals surface area contributed by atoms with Crippen molar-refractivity contribution in [2.75, 3.05) is 25.1 Å². The molecule has 0 heterocycles. The smallest absolute Gasteiger partial charge is 0.224 e. The molecular formula is C16H24N2O3. The van der Waals surface area contributed by atoms with Gasteiger partial charge >= 0.3 is 0 Å². The maximum Gasteiger partial charge on any atom is 0.224 e. The topological polar surface area (TPSA) is 58.6 Å². The van der Waals surface area contributed by atoms with E-state index in [9.17, 15) is 9.59 Å². The van der Waals surface area contributed by atoms with Crippen LogP contribution in [0.15, 0.2) is 18.2 Å². The van der Waals surface area contributed by atoms with Crippen molar-refractivity contribution in [1.82, 2.24) is 5.32 Å². The van der Waals surface area contributed by atoms with Gasteiger partial charge in [-0.3, -0.25) is 9.59 Å². The third-order valence-corrected chi connectivity index (χ3v) is 3.14. The molecule has 0 radical (unpaired) electrons. The molecule has 0 atom stereocenters. The quantitative estimate of drug-likeness (QED) is 0.838. The van der Waals surface area contributed by atoms with Crippen molar-refractivity contribution < 1.29 is 14.3 Å². The molecule has 0 saturated heterocycles. The molecule has 2 amide bonds. The first-order valence-corrected chi connectivity index (χ1v) is 7.19. The van der Waals surface area contributed by atoms with Crippen LogP contribution in [-0.4, -0.2) is 32.0 Å². The van der Waals surface area contributed by atoms with Gasteiger partial charge in [-0.1, -0.05) is 13.0 Å². The zero-order valence-corrected chi connectivity index (χ0v) is 13.2. The van der Waals surface area contributed by atoms with Crippen LogP contribution in [0.5, 0.6) is 5.75 Å². The van der Waals surface area contributed by atoms with Gasteiger partial charge < -0.3 is 15.0 Å². The van der Waals surface area contributed by atoms with Crippen LogP contribution in [0.1, 0.15) is 32.3 Å². The van der Waals surface area contributed by atoms with E-state index >= 15 is 0 Å². The summed E-state index contributed by atoms with van der Waals surface area (Å²) >= 11 is 0. The zero-order valence-electron chi connectivity index (χ0n) is 13.2. The van der Waals surface area contributed by atoms with Crippen LogP contribution in [0.25, 0.3) is 0 Å². The highest BCUT2D eigenvalue weighted by atomic mass is 16.5. The number of hydrogen-bond acceptors (Lipinski definition) is 3. The number of amides is 2.